The molecule has 2 amide bonds. The van der Waals surface area contributed by atoms with Crippen LogP contribution in [0.4, 0.5) is 4.79 Å². The van der Waals surface area contributed by atoms with Crippen LogP contribution in [0.25, 0.3) is 0 Å². The highest BCUT2D eigenvalue weighted by Gasteiger charge is 2.24. The number of amides is 2. The van der Waals surface area contributed by atoms with Gasteiger partial charge < -0.3 is 25.3 Å². The Morgan fingerprint density at radius 2 is 1.88 bits per heavy atom. The number of carbonyl (C=O) groups is 2. The minimum Gasteiger partial charge on any atom is -0.480 e. The lowest BCUT2D eigenvalue weighted by Gasteiger charge is -2.34. The van der Waals surface area contributed by atoms with Crippen LogP contribution in [0, 0.1) is 0 Å². The van der Waals surface area contributed by atoms with Crippen molar-refractivity contribution >= 4 is 12.0 Å². The Labute approximate surface area is 100.0 Å². The van der Waals surface area contributed by atoms with Crippen molar-refractivity contribution in [1.82, 2.24) is 15.1 Å². The van der Waals surface area contributed by atoms with E-state index in [1.54, 1.807) is 4.90 Å². The fourth-order valence-corrected chi connectivity index (χ4v) is 1.69. The predicted molar refractivity (Wildman–Crippen MR) is 60.7 cm³/mol. The quantitative estimate of drug-likeness (QED) is 0.577. The van der Waals surface area contributed by atoms with Gasteiger partial charge >= 0.3 is 12.0 Å². The molecule has 0 saturated carbocycles. The first-order chi connectivity index (χ1) is 8.08. The summed E-state index contributed by atoms with van der Waals surface area (Å²) in [7, 11) is 0. The molecule has 0 aliphatic carbocycles. The van der Waals surface area contributed by atoms with Gasteiger partial charge in [-0.15, -0.1) is 0 Å². The lowest BCUT2D eigenvalue weighted by atomic mass is 10.3. The van der Waals surface area contributed by atoms with Crippen LogP contribution in [0.1, 0.15) is 6.92 Å². The van der Waals surface area contributed by atoms with E-state index in [1.165, 1.54) is 0 Å². The number of hydrogen-bond donors (Lipinski definition) is 3. The lowest BCUT2D eigenvalue weighted by molar-refractivity contribution is -0.140. The van der Waals surface area contributed by atoms with Gasteiger partial charge in [0.25, 0.3) is 0 Å². The zero-order valence-corrected chi connectivity index (χ0v) is 9.93. The molecule has 98 valence electrons. The van der Waals surface area contributed by atoms with Gasteiger partial charge in [0.2, 0.25) is 0 Å². The summed E-state index contributed by atoms with van der Waals surface area (Å²) < 4.78 is 0. The van der Waals surface area contributed by atoms with Gasteiger partial charge in [-0.05, 0) is 6.54 Å². The third-order valence-electron chi connectivity index (χ3n) is 2.89. The number of aliphatic hydroxyl groups is 1. The summed E-state index contributed by atoms with van der Waals surface area (Å²) in [5.74, 6) is -1.23. The van der Waals surface area contributed by atoms with E-state index < -0.39 is 24.6 Å². The minimum atomic E-state index is -1.23. The molecule has 0 aromatic rings. The van der Waals surface area contributed by atoms with Crippen molar-refractivity contribution in [2.24, 2.45) is 0 Å². The van der Waals surface area contributed by atoms with Crippen LogP contribution in [-0.2, 0) is 4.79 Å². The molecule has 0 spiro atoms. The Bertz CT molecular complexity index is 277. The van der Waals surface area contributed by atoms with E-state index in [0.717, 1.165) is 19.6 Å². The number of hydrogen-bond acceptors (Lipinski definition) is 4. The number of carboxylic acids is 1. The highest BCUT2D eigenvalue weighted by atomic mass is 16.4. The molecular weight excluding hydrogens is 226 g/mol. The normalized spacial score (nSPS) is 18.8. The molecule has 0 bridgehead atoms. The first kappa shape index (κ1) is 13.7. The van der Waals surface area contributed by atoms with Crippen molar-refractivity contribution < 1.29 is 19.8 Å². The highest BCUT2D eigenvalue weighted by molar-refractivity contribution is 5.82. The first-order valence-electron chi connectivity index (χ1n) is 5.70. The maximum absolute atomic E-state index is 11.7. The van der Waals surface area contributed by atoms with E-state index in [-0.39, 0.29) is 0 Å². The van der Waals surface area contributed by atoms with E-state index in [0.29, 0.717) is 13.1 Å². The second-order valence-electron chi connectivity index (χ2n) is 3.94. The smallest absolute Gasteiger partial charge is 0.328 e. The van der Waals surface area contributed by atoms with Crippen molar-refractivity contribution in [2.45, 2.75) is 13.0 Å². The van der Waals surface area contributed by atoms with Crippen LogP contribution >= 0.6 is 0 Å². The van der Waals surface area contributed by atoms with E-state index in [2.05, 4.69) is 17.1 Å². The molecule has 7 heteroatoms. The number of carbonyl (C=O) groups excluding carboxylic acids is 1. The van der Waals surface area contributed by atoms with Crippen LogP contribution in [0.5, 0.6) is 0 Å². The first-order valence-corrected chi connectivity index (χ1v) is 5.70. The standard InChI is InChI=1S/C10H19N3O4/c1-2-12-3-5-13(6-4-12)10(17)11-8(7-14)9(15)16/h8,14H,2-7H2,1H3,(H,11,17)(H,15,16). The second-order valence-corrected chi connectivity index (χ2v) is 3.94. The van der Waals surface area contributed by atoms with Gasteiger partial charge in [-0.3, -0.25) is 0 Å². The molecule has 1 atom stereocenters. The number of piperazine rings is 1. The van der Waals surface area contributed by atoms with Gasteiger partial charge in [0.1, 0.15) is 0 Å². The third kappa shape index (κ3) is 3.86. The number of nitrogens with one attached hydrogen (secondary N) is 1. The summed E-state index contributed by atoms with van der Waals surface area (Å²) in [4.78, 5) is 26.1. The maximum Gasteiger partial charge on any atom is 0.328 e. The van der Waals surface area contributed by atoms with Crippen molar-refractivity contribution in [1.29, 1.82) is 0 Å². The van der Waals surface area contributed by atoms with Gasteiger partial charge in [-0.2, -0.15) is 0 Å². The van der Waals surface area contributed by atoms with E-state index in [1.807, 2.05) is 0 Å². The Morgan fingerprint density at radius 3 is 2.29 bits per heavy atom. The fraction of sp³-hybridized carbons (Fsp3) is 0.800. The van der Waals surface area contributed by atoms with Crippen molar-refractivity contribution in [3.63, 3.8) is 0 Å². The number of rotatable bonds is 4. The zero-order valence-electron chi connectivity index (χ0n) is 9.93. The summed E-state index contributed by atoms with van der Waals surface area (Å²) >= 11 is 0. The predicted octanol–water partition coefficient (Wildman–Crippen LogP) is -1.22. The Morgan fingerprint density at radius 1 is 1.29 bits per heavy atom. The molecule has 0 aromatic carbocycles. The van der Waals surface area contributed by atoms with Crippen LogP contribution < -0.4 is 5.32 Å². The van der Waals surface area contributed by atoms with Gasteiger partial charge in [0.05, 0.1) is 6.61 Å². The Kier molecular flexibility index (Phi) is 5.17. The lowest BCUT2D eigenvalue weighted by Crippen LogP contribution is -2.55. The largest absolute Gasteiger partial charge is 0.480 e. The van der Waals surface area contributed by atoms with E-state index >= 15 is 0 Å². The molecule has 0 radical (unpaired) electrons. The number of aliphatic carboxylic acids is 1. The molecule has 1 saturated heterocycles. The van der Waals surface area contributed by atoms with Crippen molar-refractivity contribution in [2.75, 3.05) is 39.3 Å². The zero-order chi connectivity index (χ0) is 12.8. The van der Waals surface area contributed by atoms with E-state index in [4.69, 9.17) is 10.2 Å². The van der Waals surface area contributed by atoms with Gasteiger partial charge in [-0.25, -0.2) is 9.59 Å². The number of carboxylic acid groups (broad SMARTS) is 1. The molecule has 0 aromatic heterocycles. The molecule has 1 aliphatic rings. The van der Waals surface area contributed by atoms with Crippen LogP contribution in [0.2, 0.25) is 0 Å². The number of urea groups is 1. The number of aliphatic hydroxyl groups excluding tert-OH is 1. The molecule has 3 N–H and O–H groups in total. The highest BCUT2D eigenvalue weighted by Crippen LogP contribution is 2.01. The molecule has 7 nitrogen and oxygen atoms in total. The average Bonchev–Trinajstić information content (AvgIpc) is 2.35. The van der Waals surface area contributed by atoms with Gasteiger partial charge in [-0.1, -0.05) is 6.92 Å². The van der Waals surface area contributed by atoms with Gasteiger partial charge in [0.15, 0.2) is 6.04 Å². The number of likely N-dealkylation sites (N-methyl/N-ethyl adjacent to an activating group) is 1. The Balaban J connectivity index is 2.41. The minimum absolute atomic E-state index is 0.429. The molecular formula is C10H19N3O4. The van der Waals surface area contributed by atoms with Crippen molar-refractivity contribution in [3.05, 3.63) is 0 Å². The van der Waals surface area contributed by atoms with Crippen LogP contribution in [0.15, 0.2) is 0 Å². The molecule has 1 fully saturated rings. The fourth-order valence-electron chi connectivity index (χ4n) is 1.69. The summed E-state index contributed by atoms with van der Waals surface area (Å²) in [6, 6.07) is -1.66. The average molecular weight is 245 g/mol. The molecule has 1 rings (SSSR count). The third-order valence-corrected chi connectivity index (χ3v) is 2.89. The summed E-state index contributed by atoms with van der Waals surface area (Å²) in [6.07, 6.45) is 0. The summed E-state index contributed by atoms with van der Waals surface area (Å²) in [6.45, 7) is 5.15. The van der Waals surface area contributed by atoms with Gasteiger partial charge in [0, 0.05) is 26.2 Å². The maximum atomic E-state index is 11.7. The van der Waals surface area contributed by atoms with Crippen LogP contribution in [0.3, 0.4) is 0 Å². The SMILES string of the molecule is CCN1CCN(C(=O)NC(CO)C(=O)O)CC1. The molecule has 1 aliphatic heterocycles. The topological polar surface area (TPSA) is 93.1 Å². The molecule has 1 unspecified atom stereocenters. The number of nitrogens with zero attached hydrogens (tertiary/aromatic N) is 2. The van der Waals surface area contributed by atoms with Crippen molar-refractivity contribution in [3.8, 4) is 0 Å². The molecule has 17 heavy (non-hydrogen) atoms. The second kappa shape index (κ2) is 6.41. The summed E-state index contributed by atoms with van der Waals surface area (Å²) in [5, 5.41) is 19.8. The van der Waals surface area contributed by atoms with E-state index in [9.17, 15) is 9.59 Å². The molecule has 1 heterocycles. The summed E-state index contributed by atoms with van der Waals surface area (Å²) in [5.41, 5.74) is 0. The van der Waals surface area contributed by atoms with Crippen LogP contribution in [-0.4, -0.2) is 77.4 Å². The monoisotopic (exact) mass is 245 g/mol. The Hall–Kier alpha value is -1.34.